The van der Waals surface area contributed by atoms with Gasteiger partial charge < -0.3 is 41.4 Å². The Morgan fingerprint density at radius 3 is 2.63 bits per heavy atom. The number of carboxylic acid groups (broad SMARTS) is 1. The van der Waals surface area contributed by atoms with Crippen LogP contribution in [0.15, 0.2) is 43.0 Å². The second-order valence-corrected chi connectivity index (χ2v) is 9.28. The van der Waals surface area contributed by atoms with E-state index in [0.717, 1.165) is 16.5 Å². The summed E-state index contributed by atoms with van der Waals surface area (Å²) < 4.78 is 0. The van der Waals surface area contributed by atoms with Crippen molar-refractivity contribution in [3.63, 3.8) is 0 Å². The fraction of sp³-hybridized carbons (Fsp3) is 0.400. The van der Waals surface area contributed by atoms with Crippen LogP contribution in [0.25, 0.3) is 10.9 Å². The van der Waals surface area contributed by atoms with E-state index in [1.54, 1.807) is 6.20 Å². The number of fused-ring (bicyclic) bond motifs is 1. The Kier molecular flexibility index (Phi) is 8.38. The maximum atomic E-state index is 13.5. The summed E-state index contributed by atoms with van der Waals surface area (Å²) in [6.07, 6.45) is 5.66. The Bertz CT molecular complexity index is 1290. The first-order chi connectivity index (χ1) is 18.3. The number of carbonyl (C=O) groups is 4. The number of nitrogens with two attached hydrogens (primary N) is 1. The summed E-state index contributed by atoms with van der Waals surface area (Å²) in [6, 6.07) is 3.06. The Morgan fingerprint density at radius 2 is 1.92 bits per heavy atom. The van der Waals surface area contributed by atoms with E-state index in [1.165, 1.54) is 17.4 Å². The predicted octanol–water partition coefficient (Wildman–Crippen LogP) is -0.959. The minimum Gasteiger partial charge on any atom is -0.480 e. The first kappa shape index (κ1) is 26.8. The molecule has 8 N–H and O–H groups in total. The molecular weight excluding hydrogens is 494 g/mol. The molecular formula is C25H31N7O6. The number of aliphatic carboxylic acids is 1. The zero-order chi connectivity index (χ0) is 27.2. The van der Waals surface area contributed by atoms with Crippen LogP contribution in [0.2, 0.25) is 0 Å². The van der Waals surface area contributed by atoms with Crippen molar-refractivity contribution in [2.45, 2.75) is 49.9 Å². The molecule has 4 rings (SSSR count). The van der Waals surface area contributed by atoms with Gasteiger partial charge in [-0.05, 0) is 24.5 Å². The van der Waals surface area contributed by atoms with E-state index in [4.69, 9.17) is 5.73 Å². The average molecular weight is 526 g/mol. The first-order valence-electron chi connectivity index (χ1n) is 12.3. The van der Waals surface area contributed by atoms with E-state index >= 15 is 0 Å². The molecule has 2 aromatic heterocycles. The van der Waals surface area contributed by atoms with E-state index in [1.807, 2.05) is 24.3 Å². The molecule has 0 spiro atoms. The third-order valence-electron chi connectivity index (χ3n) is 6.68. The molecule has 1 saturated heterocycles. The van der Waals surface area contributed by atoms with Gasteiger partial charge in [0.1, 0.15) is 24.2 Å². The van der Waals surface area contributed by atoms with Crippen LogP contribution in [0.4, 0.5) is 0 Å². The van der Waals surface area contributed by atoms with E-state index in [0.29, 0.717) is 18.5 Å². The number of amides is 3. The van der Waals surface area contributed by atoms with Crippen molar-refractivity contribution in [2.75, 3.05) is 13.2 Å². The van der Waals surface area contributed by atoms with Crippen LogP contribution in [-0.4, -0.2) is 91.1 Å². The Labute approximate surface area is 217 Å². The van der Waals surface area contributed by atoms with Gasteiger partial charge in [0.25, 0.3) is 0 Å². The molecule has 3 amide bonds. The van der Waals surface area contributed by atoms with Crippen LogP contribution >= 0.6 is 0 Å². The van der Waals surface area contributed by atoms with Crippen molar-refractivity contribution >= 4 is 34.6 Å². The number of likely N-dealkylation sites (tertiary alicyclic amines) is 1. The molecule has 1 fully saturated rings. The minimum atomic E-state index is -1.22. The van der Waals surface area contributed by atoms with Gasteiger partial charge in [0.2, 0.25) is 17.7 Å². The topological polar surface area (TPSA) is 207 Å². The molecule has 1 aromatic carbocycles. The lowest BCUT2D eigenvalue weighted by Gasteiger charge is -2.29. The number of aliphatic hydroxyl groups is 1. The number of H-pyrrole nitrogens is 2. The number of hydrogen-bond acceptors (Lipinski definition) is 7. The number of nitrogens with zero attached hydrogens (tertiary/aromatic N) is 2. The summed E-state index contributed by atoms with van der Waals surface area (Å²) in [5.74, 6) is -3.00. The highest BCUT2D eigenvalue weighted by Gasteiger charge is 2.39. The van der Waals surface area contributed by atoms with Crippen LogP contribution in [-0.2, 0) is 32.0 Å². The van der Waals surface area contributed by atoms with Gasteiger partial charge in [0.15, 0.2) is 0 Å². The summed E-state index contributed by atoms with van der Waals surface area (Å²) in [6.45, 7) is -0.336. The smallest absolute Gasteiger partial charge is 0.326 e. The molecule has 3 aromatic rings. The van der Waals surface area contributed by atoms with Gasteiger partial charge in [0, 0.05) is 48.4 Å². The predicted molar refractivity (Wildman–Crippen MR) is 136 cm³/mol. The molecule has 202 valence electrons. The quantitative estimate of drug-likeness (QED) is 0.166. The van der Waals surface area contributed by atoms with Gasteiger partial charge >= 0.3 is 5.97 Å². The van der Waals surface area contributed by atoms with Gasteiger partial charge in [-0.15, -0.1) is 0 Å². The molecule has 0 bridgehead atoms. The van der Waals surface area contributed by atoms with Gasteiger partial charge in [-0.3, -0.25) is 14.4 Å². The highest BCUT2D eigenvalue weighted by Crippen LogP contribution is 2.22. The number of para-hydroxylation sites is 1. The Hall–Kier alpha value is -4.23. The number of benzene rings is 1. The van der Waals surface area contributed by atoms with Crippen LogP contribution in [0.3, 0.4) is 0 Å². The molecule has 13 nitrogen and oxygen atoms in total. The van der Waals surface area contributed by atoms with Crippen LogP contribution < -0.4 is 16.4 Å². The number of aromatic amines is 2. The summed E-state index contributed by atoms with van der Waals surface area (Å²) >= 11 is 0. The fourth-order valence-corrected chi connectivity index (χ4v) is 4.67. The lowest BCUT2D eigenvalue weighted by atomic mass is 10.0. The second kappa shape index (κ2) is 11.9. The van der Waals surface area contributed by atoms with Crippen molar-refractivity contribution in [2.24, 2.45) is 5.73 Å². The number of imidazole rings is 1. The number of nitrogens with one attached hydrogen (secondary N) is 4. The SMILES string of the molecule is NC(CO)C(=O)NC(Cc1cnc[nH]1)C(=O)N1CCCC1C(=O)NC(Cc1c[nH]c2ccccc12)C(=O)O. The van der Waals surface area contributed by atoms with Crippen molar-refractivity contribution in [3.8, 4) is 0 Å². The Morgan fingerprint density at radius 1 is 1.13 bits per heavy atom. The highest BCUT2D eigenvalue weighted by atomic mass is 16.4. The minimum absolute atomic E-state index is 0.0588. The number of carboxylic acids is 1. The van der Waals surface area contributed by atoms with Gasteiger partial charge in [0.05, 0.1) is 12.9 Å². The third kappa shape index (κ3) is 6.01. The van der Waals surface area contributed by atoms with Crippen LogP contribution in [0.5, 0.6) is 0 Å². The molecule has 1 aliphatic rings. The Balaban J connectivity index is 1.48. The van der Waals surface area contributed by atoms with Gasteiger partial charge in [-0.2, -0.15) is 0 Å². The highest BCUT2D eigenvalue weighted by molar-refractivity contribution is 5.95. The number of rotatable bonds is 11. The maximum Gasteiger partial charge on any atom is 0.326 e. The fourth-order valence-electron chi connectivity index (χ4n) is 4.67. The standard InChI is InChI=1S/C25H31N7O6/c26-17(12-33)22(34)30-19(9-15-11-27-13-29-15)24(36)32-7-3-6-21(32)23(35)31-20(25(37)38)8-14-10-28-18-5-2-1-4-16(14)18/h1-2,4-5,10-11,13,17,19-21,28,33H,3,6-9,12,26H2,(H,27,29)(H,30,34)(H,31,35)(H,37,38). The monoisotopic (exact) mass is 525 g/mol. The molecule has 3 heterocycles. The summed E-state index contributed by atoms with van der Waals surface area (Å²) in [7, 11) is 0. The largest absolute Gasteiger partial charge is 0.480 e. The van der Waals surface area contributed by atoms with E-state index < -0.39 is 54.5 Å². The molecule has 13 heteroatoms. The van der Waals surface area contributed by atoms with Crippen molar-refractivity contribution in [1.29, 1.82) is 0 Å². The van der Waals surface area contributed by atoms with Crippen LogP contribution in [0.1, 0.15) is 24.1 Å². The average Bonchev–Trinajstić information content (AvgIpc) is 3.68. The molecule has 1 aliphatic heterocycles. The molecule has 4 atom stereocenters. The first-order valence-corrected chi connectivity index (χ1v) is 12.3. The summed E-state index contributed by atoms with van der Waals surface area (Å²) in [5, 5.41) is 25.1. The zero-order valence-corrected chi connectivity index (χ0v) is 20.6. The molecule has 0 radical (unpaired) electrons. The van der Waals surface area contributed by atoms with E-state index in [9.17, 15) is 29.4 Å². The lowest BCUT2D eigenvalue weighted by Crippen LogP contribution is -2.57. The lowest BCUT2D eigenvalue weighted by molar-refractivity contribution is -0.145. The van der Waals surface area contributed by atoms with E-state index in [-0.39, 0.29) is 19.4 Å². The van der Waals surface area contributed by atoms with Crippen molar-refractivity contribution in [1.82, 2.24) is 30.5 Å². The molecule has 4 unspecified atom stereocenters. The molecule has 0 saturated carbocycles. The summed E-state index contributed by atoms with van der Waals surface area (Å²) in [5.41, 5.74) is 7.79. The van der Waals surface area contributed by atoms with Gasteiger partial charge in [-0.1, -0.05) is 18.2 Å². The van der Waals surface area contributed by atoms with Crippen LogP contribution in [0, 0.1) is 0 Å². The van der Waals surface area contributed by atoms with E-state index in [2.05, 4.69) is 25.6 Å². The molecule has 38 heavy (non-hydrogen) atoms. The van der Waals surface area contributed by atoms with Crippen molar-refractivity contribution in [3.05, 3.63) is 54.2 Å². The maximum absolute atomic E-state index is 13.5. The van der Waals surface area contributed by atoms with Gasteiger partial charge in [-0.25, -0.2) is 9.78 Å². The number of aromatic nitrogens is 3. The van der Waals surface area contributed by atoms with Crippen molar-refractivity contribution < 1.29 is 29.4 Å². The summed E-state index contributed by atoms with van der Waals surface area (Å²) in [4.78, 5) is 62.4. The normalized spacial score (nSPS) is 17.6. The zero-order valence-electron chi connectivity index (χ0n) is 20.6. The molecule has 0 aliphatic carbocycles. The number of carbonyl (C=O) groups excluding carboxylic acids is 3. The second-order valence-electron chi connectivity index (χ2n) is 9.28. The number of aliphatic hydroxyl groups excluding tert-OH is 1. The number of hydrogen-bond donors (Lipinski definition) is 7. The third-order valence-corrected chi connectivity index (χ3v) is 6.68.